The summed E-state index contributed by atoms with van der Waals surface area (Å²) in [6.45, 7) is 7.81. The van der Waals surface area contributed by atoms with Crippen LogP contribution >= 0.6 is 0 Å². The maximum atomic E-state index is 12.8. The van der Waals surface area contributed by atoms with Crippen molar-refractivity contribution in [3.8, 4) is 0 Å². The van der Waals surface area contributed by atoms with Crippen LogP contribution in [-0.2, 0) is 23.8 Å². The smallest absolute Gasteiger partial charge is 0.306 e. The first kappa shape index (κ1) is 58.1. The first-order valence-electron chi connectivity index (χ1n) is 26.5. The molecule has 0 aromatic heterocycles. The van der Waals surface area contributed by atoms with E-state index in [2.05, 4.69) is 57.2 Å². The van der Waals surface area contributed by atoms with Gasteiger partial charge in [-0.2, -0.15) is 0 Å². The molecular formula is C55H102O5. The number of hydrogen-bond donors (Lipinski definition) is 0. The molecule has 0 saturated heterocycles. The molecule has 60 heavy (non-hydrogen) atoms. The minimum atomic E-state index is -0.535. The second kappa shape index (κ2) is 51.5. The Morgan fingerprint density at radius 2 is 0.700 bits per heavy atom. The highest BCUT2D eigenvalue weighted by molar-refractivity contribution is 5.70. The average molecular weight is 843 g/mol. The zero-order chi connectivity index (χ0) is 43.5. The van der Waals surface area contributed by atoms with Crippen molar-refractivity contribution in [2.24, 2.45) is 0 Å². The minimum absolute atomic E-state index is 0.0853. The Balaban J connectivity index is 4.19. The van der Waals surface area contributed by atoms with Gasteiger partial charge in [0.25, 0.3) is 0 Å². The van der Waals surface area contributed by atoms with Gasteiger partial charge in [-0.25, -0.2) is 0 Å². The number of esters is 2. The highest BCUT2D eigenvalue weighted by atomic mass is 16.6. The first-order valence-corrected chi connectivity index (χ1v) is 26.5. The molecule has 0 N–H and O–H groups in total. The third-order valence-corrected chi connectivity index (χ3v) is 11.6. The third kappa shape index (κ3) is 48.8. The number of allylic oxidation sites excluding steroid dienone is 6. The lowest BCUT2D eigenvalue weighted by molar-refractivity contribution is -0.163. The van der Waals surface area contributed by atoms with E-state index in [-0.39, 0.29) is 25.2 Å². The monoisotopic (exact) mass is 843 g/mol. The molecule has 0 saturated carbocycles. The molecule has 0 aliphatic carbocycles. The van der Waals surface area contributed by atoms with Crippen LogP contribution in [0.4, 0.5) is 0 Å². The molecule has 0 fully saturated rings. The number of carbonyl (C=O) groups is 2. The zero-order valence-corrected chi connectivity index (χ0v) is 40.5. The van der Waals surface area contributed by atoms with E-state index in [1.54, 1.807) is 0 Å². The van der Waals surface area contributed by atoms with Crippen molar-refractivity contribution in [3.63, 3.8) is 0 Å². The van der Waals surface area contributed by atoms with Gasteiger partial charge in [0.2, 0.25) is 0 Å². The summed E-state index contributed by atoms with van der Waals surface area (Å²) in [4.78, 5) is 25.4. The van der Waals surface area contributed by atoms with Gasteiger partial charge in [-0.15, -0.1) is 0 Å². The molecule has 0 bridgehead atoms. The molecule has 0 aromatic rings. The Labute approximate surface area is 374 Å². The normalized spacial score (nSPS) is 12.4. The van der Waals surface area contributed by atoms with Crippen LogP contribution in [0, 0.1) is 0 Å². The first-order chi connectivity index (χ1) is 29.6. The van der Waals surface area contributed by atoms with E-state index >= 15 is 0 Å². The molecule has 0 rings (SSSR count). The van der Waals surface area contributed by atoms with Crippen molar-refractivity contribution in [1.82, 2.24) is 0 Å². The lowest BCUT2D eigenvalue weighted by Gasteiger charge is -2.18. The molecule has 1 atom stereocenters. The molecule has 0 aromatic carbocycles. The van der Waals surface area contributed by atoms with Crippen LogP contribution in [0.3, 0.4) is 0 Å². The van der Waals surface area contributed by atoms with Gasteiger partial charge in [-0.05, 0) is 77.0 Å². The predicted octanol–water partition coefficient (Wildman–Crippen LogP) is 17.8. The van der Waals surface area contributed by atoms with Crippen LogP contribution in [0.1, 0.15) is 278 Å². The number of ether oxygens (including phenoxy) is 3. The van der Waals surface area contributed by atoms with Crippen molar-refractivity contribution in [1.29, 1.82) is 0 Å². The molecule has 0 amide bonds. The Kier molecular flexibility index (Phi) is 49.9. The van der Waals surface area contributed by atoms with Gasteiger partial charge in [-0.3, -0.25) is 9.59 Å². The summed E-state index contributed by atoms with van der Waals surface area (Å²) in [6.07, 6.45) is 61.5. The Morgan fingerprint density at radius 1 is 0.367 bits per heavy atom. The van der Waals surface area contributed by atoms with Crippen LogP contribution in [0.5, 0.6) is 0 Å². The molecule has 0 spiro atoms. The van der Waals surface area contributed by atoms with Crippen LogP contribution in [0.25, 0.3) is 0 Å². The van der Waals surface area contributed by atoms with Crippen molar-refractivity contribution in [2.75, 3.05) is 19.8 Å². The van der Waals surface area contributed by atoms with Gasteiger partial charge >= 0.3 is 11.9 Å². The van der Waals surface area contributed by atoms with E-state index in [4.69, 9.17) is 14.2 Å². The summed E-state index contributed by atoms with van der Waals surface area (Å²) >= 11 is 0. The van der Waals surface area contributed by atoms with E-state index in [0.29, 0.717) is 19.4 Å². The zero-order valence-electron chi connectivity index (χ0n) is 40.5. The molecule has 5 heteroatoms. The second-order valence-corrected chi connectivity index (χ2v) is 17.8. The SMILES string of the molecule is CCCCC/C=C\C/C=C\CCCCCCCCCCCC(=O)OCC(COCCCCCCCC/C=C\CCCCCC)OC(=O)CCCCCCCCCCCCC. The molecule has 0 heterocycles. The van der Waals surface area contributed by atoms with E-state index < -0.39 is 6.10 Å². The molecule has 0 aliphatic heterocycles. The fourth-order valence-corrected chi connectivity index (χ4v) is 7.65. The summed E-state index contributed by atoms with van der Waals surface area (Å²) in [6, 6.07) is 0. The average Bonchev–Trinajstić information content (AvgIpc) is 3.25. The molecular weight excluding hydrogens is 741 g/mol. The van der Waals surface area contributed by atoms with Gasteiger partial charge in [0.15, 0.2) is 6.10 Å². The second-order valence-electron chi connectivity index (χ2n) is 17.8. The predicted molar refractivity (Wildman–Crippen MR) is 261 cm³/mol. The van der Waals surface area contributed by atoms with Gasteiger partial charge < -0.3 is 14.2 Å². The van der Waals surface area contributed by atoms with Gasteiger partial charge in [-0.1, -0.05) is 224 Å². The quantitative estimate of drug-likeness (QED) is 0.0347. The fraction of sp³-hybridized carbons (Fsp3) is 0.855. The lowest BCUT2D eigenvalue weighted by Crippen LogP contribution is -2.30. The summed E-state index contributed by atoms with van der Waals surface area (Å²) in [5.41, 5.74) is 0. The standard InChI is InChI=1S/C55H102O5/c1-4-7-10-13-16-19-22-24-26-27-28-29-30-31-34-36-39-42-45-48-54(56)59-52-53(60-55(57)49-46-43-40-37-33-21-18-15-12-9-6-3)51-58-50-47-44-41-38-35-32-25-23-20-17-14-11-8-5-2/h16,19-20,23-24,26,53H,4-15,17-18,21-22,25,27-52H2,1-3H3/b19-16-,23-20-,26-24-. The largest absolute Gasteiger partial charge is 0.462 e. The van der Waals surface area contributed by atoms with Gasteiger partial charge in [0.1, 0.15) is 6.61 Å². The highest BCUT2D eigenvalue weighted by Crippen LogP contribution is 2.15. The van der Waals surface area contributed by atoms with Crippen molar-refractivity contribution in [3.05, 3.63) is 36.5 Å². The van der Waals surface area contributed by atoms with Crippen molar-refractivity contribution >= 4 is 11.9 Å². The minimum Gasteiger partial charge on any atom is -0.462 e. The van der Waals surface area contributed by atoms with Gasteiger partial charge in [0.05, 0.1) is 6.61 Å². The van der Waals surface area contributed by atoms with Crippen molar-refractivity contribution in [2.45, 2.75) is 284 Å². The Morgan fingerprint density at radius 3 is 1.17 bits per heavy atom. The van der Waals surface area contributed by atoms with E-state index in [1.807, 2.05) is 0 Å². The highest BCUT2D eigenvalue weighted by Gasteiger charge is 2.17. The lowest BCUT2D eigenvalue weighted by atomic mass is 10.1. The van der Waals surface area contributed by atoms with Crippen LogP contribution in [0.15, 0.2) is 36.5 Å². The Hall–Kier alpha value is -1.88. The van der Waals surface area contributed by atoms with E-state index in [9.17, 15) is 9.59 Å². The number of hydrogen-bond acceptors (Lipinski definition) is 5. The summed E-state index contributed by atoms with van der Waals surface area (Å²) in [5.74, 6) is -0.392. The summed E-state index contributed by atoms with van der Waals surface area (Å²) < 4.78 is 17.4. The summed E-state index contributed by atoms with van der Waals surface area (Å²) in [5, 5.41) is 0. The topological polar surface area (TPSA) is 61.8 Å². The fourth-order valence-electron chi connectivity index (χ4n) is 7.65. The van der Waals surface area contributed by atoms with Crippen molar-refractivity contribution < 1.29 is 23.8 Å². The van der Waals surface area contributed by atoms with Crippen LogP contribution < -0.4 is 0 Å². The molecule has 0 aliphatic rings. The maximum Gasteiger partial charge on any atom is 0.306 e. The molecule has 5 nitrogen and oxygen atoms in total. The third-order valence-electron chi connectivity index (χ3n) is 11.6. The number of carbonyl (C=O) groups excluding carboxylic acids is 2. The molecule has 1 unspecified atom stereocenters. The van der Waals surface area contributed by atoms with E-state index in [0.717, 1.165) is 44.9 Å². The Bertz CT molecular complexity index is 955. The maximum absolute atomic E-state index is 12.8. The van der Waals surface area contributed by atoms with E-state index in [1.165, 1.54) is 199 Å². The van der Waals surface area contributed by atoms with Gasteiger partial charge in [0, 0.05) is 19.4 Å². The molecule has 352 valence electrons. The summed E-state index contributed by atoms with van der Waals surface area (Å²) in [7, 11) is 0. The number of unbranched alkanes of at least 4 members (excludes halogenated alkanes) is 32. The molecule has 0 radical (unpaired) electrons. The van der Waals surface area contributed by atoms with Crippen LogP contribution in [0.2, 0.25) is 0 Å². The number of rotatable bonds is 49. The van der Waals surface area contributed by atoms with Crippen LogP contribution in [-0.4, -0.2) is 37.9 Å².